The average molecular weight is 226 g/mol. The minimum Gasteiger partial charge on any atom is -0.348 e. The number of amides is 1. The van der Waals surface area contributed by atoms with Crippen LogP contribution in [0, 0.1) is 5.92 Å². The molecule has 1 saturated heterocycles. The number of hydrogen-bond donors (Lipinski definition) is 2. The van der Waals surface area contributed by atoms with Crippen LogP contribution in [-0.4, -0.2) is 33.8 Å². The Morgan fingerprint density at radius 3 is 3.27 bits per heavy atom. The van der Waals surface area contributed by atoms with E-state index in [4.69, 9.17) is 0 Å². The van der Waals surface area contributed by atoms with Gasteiger partial charge in [0.05, 0.1) is 17.9 Å². The number of aromatic nitrogens is 2. The molecule has 0 saturated carbocycles. The van der Waals surface area contributed by atoms with Gasteiger partial charge in [0.2, 0.25) is 0 Å². The molecule has 2 atom stereocenters. The van der Waals surface area contributed by atoms with Crippen LogP contribution in [0.2, 0.25) is 0 Å². The number of rotatable bonds is 2. The molecule has 0 bridgehead atoms. The van der Waals surface area contributed by atoms with Crippen LogP contribution in [0.15, 0.2) is 6.20 Å². The van der Waals surface area contributed by atoms with Gasteiger partial charge in [-0.15, -0.1) is 0 Å². The first-order valence-electron chi connectivity index (χ1n) is 5.06. The van der Waals surface area contributed by atoms with Crippen molar-refractivity contribution >= 4 is 17.6 Å². The molecule has 6 heteroatoms. The molecule has 0 radical (unpaired) electrons. The Balaban J connectivity index is 1.93. The van der Waals surface area contributed by atoms with Crippen LogP contribution in [0.5, 0.6) is 0 Å². The lowest BCUT2D eigenvalue weighted by molar-refractivity contribution is 0.0910. The molecule has 2 rings (SSSR count). The van der Waals surface area contributed by atoms with Crippen LogP contribution in [0.1, 0.15) is 23.8 Å². The Kier molecular flexibility index (Phi) is 3.27. The maximum absolute atomic E-state index is 11.7. The topological polar surface area (TPSA) is 66.9 Å². The molecule has 0 aliphatic carbocycles. The molecule has 15 heavy (non-hydrogen) atoms. The normalized spacial score (nSPS) is 26.2. The Morgan fingerprint density at radius 2 is 2.60 bits per heavy atom. The van der Waals surface area contributed by atoms with Crippen molar-refractivity contribution in [3.05, 3.63) is 11.9 Å². The van der Waals surface area contributed by atoms with E-state index in [0.717, 1.165) is 31.2 Å². The van der Waals surface area contributed by atoms with Gasteiger partial charge in [0.15, 0.2) is 5.69 Å². The molecule has 2 heterocycles. The van der Waals surface area contributed by atoms with E-state index in [0.29, 0.717) is 11.6 Å². The summed E-state index contributed by atoms with van der Waals surface area (Å²) < 4.78 is 7.72. The van der Waals surface area contributed by atoms with E-state index in [1.807, 2.05) is 0 Å². The molecule has 5 nitrogen and oxygen atoms in total. The summed E-state index contributed by atoms with van der Waals surface area (Å²) in [5.41, 5.74) is 0.422. The molecule has 1 aliphatic heterocycles. The fourth-order valence-corrected chi connectivity index (χ4v) is 2.15. The monoisotopic (exact) mass is 226 g/mol. The maximum Gasteiger partial charge on any atom is 0.272 e. The number of carbonyl (C=O) groups excluding carboxylic acids is 1. The van der Waals surface area contributed by atoms with Gasteiger partial charge in [-0.3, -0.25) is 4.79 Å². The van der Waals surface area contributed by atoms with Crippen molar-refractivity contribution in [3.8, 4) is 0 Å². The van der Waals surface area contributed by atoms with E-state index in [1.54, 1.807) is 0 Å². The van der Waals surface area contributed by atoms with E-state index in [9.17, 15) is 4.79 Å². The molecule has 1 aliphatic rings. The lowest BCUT2D eigenvalue weighted by atomic mass is 9.95. The zero-order chi connectivity index (χ0) is 10.7. The van der Waals surface area contributed by atoms with Crippen molar-refractivity contribution in [2.45, 2.75) is 19.4 Å². The van der Waals surface area contributed by atoms with Crippen molar-refractivity contribution < 1.29 is 4.79 Å². The second kappa shape index (κ2) is 4.67. The highest BCUT2D eigenvalue weighted by molar-refractivity contribution is 6.99. The maximum atomic E-state index is 11.7. The van der Waals surface area contributed by atoms with Gasteiger partial charge in [-0.1, -0.05) is 6.92 Å². The molecule has 82 valence electrons. The third-order valence-corrected chi connectivity index (χ3v) is 3.17. The van der Waals surface area contributed by atoms with E-state index >= 15 is 0 Å². The first-order chi connectivity index (χ1) is 7.27. The van der Waals surface area contributed by atoms with Gasteiger partial charge in [0.1, 0.15) is 0 Å². The molecule has 2 unspecified atom stereocenters. The van der Waals surface area contributed by atoms with E-state index in [-0.39, 0.29) is 11.9 Å². The Hall–Kier alpha value is -1.01. The average Bonchev–Trinajstić information content (AvgIpc) is 2.74. The van der Waals surface area contributed by atoms with Gasteiger partial charge in [0, 0.05) is 6.04 Å². The van der Waals surface area contributed by atoms with Gasteiger partial charge in [-0.2, -0.15) is 8.75 Å². The van der Waals surface area contributed by atoms with Gasteiger partial charge in [-0.25, -0.2) is 0 Å². The summed E-state index contributed by atoms with van der Waals surface area (Å²) in [7, 11) is 0. The summed E-state index contributed by atoms with van der Waals surface area (Å²) >= 11 is 1.06. The summed E-state index contributed by atoms with van der Waals surface area (Å²) in [6.45, 7) is 4.06. The minimum atomic E-state index is -0.109. The van der Waals surface area contributed by atoms with Crippen molar-refractivity contribution in [3.63, 3.8) is 0 Å². The molecule has 1 amide bonds. The predicted octanol–water partition coefficient (Wildman–Crippen LogP) is 0.266. The first kappa shape index (κ1) is 10.5. The SMILES string of the molecule is CC1CNCCC1NC(=O)c1cnsn1. The molecule has 0 aromatic carbocycles. The number of hydrogen-bond acceptors (Lipinski definition) is 5. The second-order valence-electron chi connectivity index (χ2n) is 3.84. The standard InChI is InChI=1S/C9H14N4OS/c1-6-4-10-3-2-7(6)12-9(14)8-5-11-15-13-8/h5-7,10H,2-4H2,1H3,(H,12,14). The van der Waals surface area contributed by atoms with Crippen molar-refractivity contribution in [2.24, 2.45) is 5.92 Å². The van der Waals surface area contributed by atoms with Crippen LogP contribution >= 0.6 is 11.7 Å². The minimum absolute atomic E-state index is 0.109. The third kappa shape index (κ3) is 2.51. The van der Waals surface area contributed by atoms with Crippen molar-refractivity contribution in [1.29, 1.82) is 0 Å². The summed E-state index contributed by atoms with van der Waals surface area (Å²) in [5.74, 6) is 0.358. The first-order valence-corrected chi connectivity index (χ1v) is 5.79. The highest BCUT2D eigenvalue weighted by Gasteiger charge is 2.23. The summed E-state index contributed by atoms with van der Waals surface area (Å²) in [5, 5.41) is 6.29. The van der Waals surface area contributed by atoms with Crippen LogP contribution in [0.3, 0.4) is 0 Å². The smallest absolute Gasteiger partial charge is 0.272 e. The lowest BCUT2D eigenvalue weighted by Gasteiger charge is -2.29. The van der Waals surface area contributed by atoms with Crippen molar-refractivity contribution in [2.75, 3.05) is 13.1 Å². The Bertz CT molecular complexity index is 327. The number of carbonyl (C=O) groups is 1. The molecule has 1 fully saturated rings. The molecular weight excluding hydrogens is 212 g/mol. The highest BCUT2D eigenvalue weighted by atomic mass is 32.1. The summed E-state index contributed by atoms with van der Waals surface area (Å²) in [6.07, 6.45) is 2.48. The highest BCUT2D eigenvalue weighted by Crippen LogP contribution is 2.10. The van der Waals surface area contributed by atoms with E-state index in [2.05, 4.69) is 26.3 Å². The number of piperidine rings is 1. The molecule has 1 aromatic rings. The Labute approximate surface area is 92.6 Å². The summed E-state index contributed by atoms with van der Waals surface area (Å²) in [4.78, 5) is 11.7. The number of nitrogens with one attached hydrogen (secondary N) is 2. The fourth-order valence-electron chi connectivity index (χ4n) is 1.74. The summed E-state index contributed by atoms with van der Waals surface area (Å²) in [6, 6.07) is 0.250. The molecular formula is C9H14N4OS. The fraction of sp³-hybridized carbons (Fsp3) is 0.667. The lowest BCUT2D eigenvalue weighted by Crippen LogP contribution is -2.48. The number of nitrogens with zero attached hydrogens (tertiary/aromatic N) is 2. The van der Waals surface area contributed by atoms with Crippen LogP contribution in [-0.2, 0) is 0 Å². The van der Waals surface area contributed by atoms with E-state index < -0.39 is 0 Å². The van der Waals surface area contributed by atoms with Crippen LogP contribution in [0.4, 0.5) is 0 Å². The largest absolute Gasteiger partial charge is 0.348 e. The van der Waals surface area contributed by atoms with Crippen LogP contribution < -0.4 is 10.6 Å². The predicted molar refractivity (Wildman–Crippen MR) is 57.8 cm³/mol. The quantitative estimate of drug-likeness (QED) is 0.759. The molecule has 1 aromatic heterocycles. The van der Waals surface area contributed by atoms with E-state index in [1.165, 1.54) is 6.20 Å². The molecule has 2 N–H and O–H groups in total. The van der Waals surface area contributed by atoms with Crippen LogP contribution in [0.25, 0.3) is 0 Å². The second-order valence-corrected chi connectivity index (χ2v) is 4.40. The Morgan fingerprint density at radius 1 is 1.73 bits per heavy atom. The van der Waals surface area contributed by atoms with Gasteiger partial charge in [-0.05, 0) is 25.4 Å². The van der Waals surface area contributed by atoms with Crippen molar-refractivity contribution in [1.82, 2.24) is 19.4 Å². The van der Waals surface area contributed by atoms with Gasteiger partial charge >= 0.3 is 0 Å². The molecule has 0 spiro atoms. The third-order valence-electron chi connectivity index (χ3n) is 2.70. The van der Waals surface area contributed by atoms with Gasteiger partial charge < -0.3 is 10.6 Å². The zero-order valence-electron chi connectivity index (χ0n) is 8.56. The van der Waals surface area contributed by atoms with Gasteiger partial charge in [0.25, 0.3) is 5.91 Å². The zero-order valence-corrected chi connectivity index (χ0v) is 9.38.